The van der Waals surface area contributed by atoms with Crippen LogP contribution in [0.15, 0.2) is 12.7 Å². The summed E-state index contributed by atoms with van der Waals surface area (Å²) in [4.78, 5) is 69.5. The van der Waals surface area contributed by atoms with Gasteiger partial charge in [0, 0.05) is 20.2 Å². The van der Waals surface area contributed by atoms with Crippen molar-refractivity contribution in [1.29, 1.82) is 0 Å². The largest absolute Gasteiger partial charge is 0.383 e. The summed E-state index contributed by atoms with van der Waals surface area (Å²) in [7, 11) is 1.59. The van der Waals surface area contributed by atoms with Gasteiger partial charge in [-0.05, 0) is 55.3 Å². The van der Waals surface area contributed by atoms with Crippen LogP contribution in [0.2, 0.25) is 0 Å². The molecule has 46 heavy (non-hydrogen) atoms. The number of nitrogens with zero attached hydrogens (tertiary/aromatic N) is 1. The highest BCUT2D eigenvalue weighted by Crippen LogP contribution is 2.41. The molecular formula is C35H61N5O6. The summed E-state index contributed by atoms with van der Waals surface area (Å²) < 4.78 is 5.31. The minimum Gasteiger partial charge on any atom is -0.383 e. The number of ether oxygens (including phenoxy) is 1. The SMILES string of the molecule is C=CCNC(=O)C(=O)C(CCCC)NC(=O)[C@@H]1[C@@H](CC(C)C)CCN1C(=O)[C@@H](NC(=O)N[C@H](COC)C(C)C)C1(C)CCCCC1. The molecule has 2 rings (SSSR count). The molecule has 11 heteroatoms. The lowest BCUT2D eigenvalue weighted by Gasteiger charge is -2.42. The van der Waals surface area contributed by atoms with Crippen LogP contribution in [0.5, 0.6) is 0 Å². The van der Waals surface area contributed by atoms with Crippen LogP contribution >= 0.6 is 0 Å². The van der Waals surface area contributed by atoms with Crippen molar-refractivity contribution in [2.75, 3.05) is 26.8 Å². The molecule has 11 nitrogen and oxygen atoms in total. The fourth-order valence-corrected chi connectivity index (χ4v) is 6.93. The monoisotopic (exact) mass is 647 g/mol. The van der Waals surface area contributed by atoms with Crippen LogP contribution in [-0.4, -0.2) is 85.4 Å². The molecule has 0 aromatic rings. The van der Waals surface area contributed by atoms with Gasteiger partial charge < -0.3 is 30.9 Å². The van der Waals surface area contributed by atoms with Crippen molar-refractivity contribution in [2.45, 2.75) is 130 Å². The van der Waals surface area contributed by atoms with E-state index in [9.17, 15) is 24.0 Å². The van der Waals surface area contributed by atoms with E-state index in [0.29, 0.717) is 32.4 Å². The number of ketones is 1. The topological polar surface area (TPSA) is 146 Å². The van der Waals surface area contributed by atoms with Gasteiger partial charge in [-0.3, -0.25) is 19.2 Å². The van der Waals surface area contributed by atoms with E-state index in [0.717, 1.165) is 44.9 Å². The summed E-state index contributed by atoms with van der Waals surface area (Å²) in [6.45, 7) is 16.6. The van der Waals surface area contributed by atoms with Crippen LogP contribution in [0.4, 0.5) is 4.79 Å². The van der Waals surface area contributed by atoms with E-state index >= 15 is 0 Å². The maximum absolute atomic E-state index is 14.6. The molecule has 0 bridgehead atoms. The molecule has 5 atom stereocenters. The predicted octanol–water partition coefficient (Wildman–Crippen LogP) is 4.11. The Kier molecular flexibility index (Phi) is 16.2. The van der Waals surface area contributed by atoms with Crippen molar-refractivity contribution >= 4 is 29.5 Å². The summed E-state index contributed by atoms with van der Waals surface area (Å²) >= 11 is 0. The molecule has 2 fully saturated rings. The van der Waals surface area contributed by atoms with Gasteiger partial charge in [-0.25, -0.2) is 4.79 Å². The number of amides is 5. The minimum atomic E-state index is -1.00. The van der Waals surface area contributed by atoms with E-state index in [2.05, 4.69) is 48.6 Å². The van der Waals surface area contributed by atoms with Gasteiger partial charge in [0.1, 0.15) is 12.1 Å². The zero-order valence-electron chi connectivity index (χ0n) is 29.4. The smallest absolute Gasteiger partial charge is 0.315 e. The number of hydrogen-bond acceptors (Lipinski definition) is 6. The van der Waals surface area contributed by atoms with E-state index in [1.807, 2.05) is 20.8 Å². The average Bonchev–Trinajstić information content (AvgIpc) is 3.42. The average molecular weight is 648 g/mol. The Balaban J connectivity index is 2.42. The molecule has 1 saturated heterocycles. The molecule has 2 aliphatic rings. The molecule has 1 unspecified atom stereocenters. The Bertz CT molecular complexity index is 1040. The van der Waals surface area contributed by atoms with Gasteiger partial charge in [-0.15, -0.1) is 6.58 Å². The van der Waals surface area contributed by atoms with Crippen molar-refractivity contribution < 1.29 is 28.7 Å². The maximum atomic E-state index is 14.6. The van der Waals surface area contributed by atoms with Gasteiger partial charge in [0.2, 0.25) is 17.6 Å². The van der Waals surface area contributed by atoms with Gasteiger partial charge in [0.15, 0.2) is 0 Å². The van der Waals surface area contributed by atoms with Crippen LogP contribution in [0.25, 0.3) is 0 Å². The van der Waals surface area contributed by atoms with E-state index < -0.39 is 47.2 Å². The number of methoxy groups -OCH3 is 1. The molecule has 0 spiro atoms. The lowest BCUT2D eigenvalue weighted by atomic mass is 9.70. The first kappa shape index (κ1) is 39.2. The lowest BCUT2D eigenvalue weighted by molar-refractivity contribution is -0.145. The van der Waals surface area contributed by atoms with Crippen molar-refractivity contribution in [1.82, 2.24) is 26.2 Å². The van der Waals surface area contributed by atoms with Crippen molar-refractivity contribution in [3.05, 3.63) is 12.7 Å². The highest BCUT2D eigenvalue weighted by atomic mass is 16.5. The Morgan fingerprint density at radius 3 is 2.26 bits per heavy atom. The Morgan fingerprint density at radius 1 is 1.02 bits per heavy atom. The van der Waals surface area contributed by atoms with Gasteiger partial charge >= 0.3 is 6.03 Å². The highest BCUT2D eigenvalue weighted by molar-refractivity contribution is 6.38. The molecule has 0 aromatic heterocycles. The number of likely N-dealkylation sites (tertiary alicyclic amines) is 1. The van der Waals surface area contributed by atoms with Crippen LogP contribution in [0.3, 0.4) is 0 Å². The number of nitrogens with one attached hydrogen (secondary N) is 4. The fraction of sp³-hybridized carbons (Fsp3) is 0.800. The normalized spacial score (nSPS) is 21.3. The molecule has 4 N–H and O–H groups in total. The van der Waals surface area contributed by atoms with Gasteiger partial charge in [-0.2, -0.15) is 0 Å². The molecule has 0 aromatic carbocycles. The second-order valence-electron chi connectivity index (χ2n) is 14.3. The van der Waals surface area contributed by atoms with Crippen molar-refractivity contribution in [3.63, 3.8) is 0 Å². The Morgan fingerprint density at radius 2 is 1.70 bits per heavy atom. The molecule has 262 valence electrons. The van der Waals surface area contributed by atoms with Gasteiger partial charge in [0.25, 0.3) is 5.91 Å². The van der Waals surface area contributed by atoms with Crippen LogP contribution in [0.1, 0.15) is 106 Å². The maximum Gasteiger partial charge on any atom is 0.315 e. The fourth-order valence-electron chi connectivity index (χ4n) is 6.93. The summed E-state index contributed by atoms with van der Waals surface area (Å²) in [5, 5.41) is 11.4. The second kappa shape index (κ2) is 19.0. The molecule has 1 saturated carbocycles. The number of hydrogen-bond donors (Lipinski definition) is 4. The number of urea groups is 1. The highest BCUT2D eigenvalue weighted by Gasteiger charge is 2.49. The number of Topliss-reactive ketones (excluding diaryl/α,β-unsaturated/α-hetero) is 1. The first-order valence-corrected chi connectivity index (χ1v) is 17.4. The number of unbranched alkanes of at least 4 members (excludes halogenated alkanes) is 1. The summed E-state index contributed by atoms with van der Waals surface area (Å²) in [6.07, 6.45) is 9.14. The predicted molar refractivity (Wildman–Crippen MR) is 180 cm³/mol. The van der Waals surface area contributed by atoms with Gasteiger partial charge in [0.05, 0.1) is 18.7 Å². The third-order valence-corrected chi connectivity index (χ3v) is 9.64. The number of rotatable bonds is 18. The molecule has 1 heterocycles. The van der Waals surface area contributed by atoms with Gasteiger partial charge in [-0.1, -0.05) is 79.7 Å². The zero-order valence-corrected chi connectivity index (χ0v) is 29.4. The quantitative estimate of drug-likeness (QED) is 0.130. The number of carbonyl (C=O) groups is 5. The minimum absolute atomic E-state index is 0.121. The van der Waals surface area contributed by atoms with E-state index in [4.69, 9.17) is 4.74 Å². The van der Waals surface area contributed by atoms with E-state index in [1.54, 1.807) is 12.0 Å². The third-order valence-electron chi connectivity index (χ3n) is 9.64. The summed E-state index contributed by atoms with van der Waals surface area (Å²) in [5.74, 6) is -1.91. The van der Waals surface area contributed by atoms with Crippen LogP contribution in [-0.2, 0) is 23.9 Å². The van der Waals surface area contributed by atoms with Crippen LogP contribution in [0, 0.1) is 23.2 Å². The standard InChI is InChI=1S/C35H61N5O6/c1-9-11-15-26(29(41)32(43)36-19-10-2)37-31(42)28-25(21-23(3)4)16-20-40(28)33(44)30(35(7)17-13-12-14-18-35)39-34(45)38-27(22-46-8)24(5)6/h10,23-28,30H,2,9,11-22H2,1,3-8H3,(H,36,43)(H,37,42)(H2,38,39,45)/t25-,26?,27-,28+,30-/m1/s1. The number of carbonyl (C=O) groups excluding carboxylic acids is 5. The Hall–Kier alpha value is -2.95. The molecule has 5 amide bonds. The molecule has 1 aliphatic carbocycles. The lowest BCUT2D eigenvalue weighted by Crippen LogP contribution is -2.62. The van der Waals surface area contributed by atoms with E-state index in [1.165, 1.54) is 6.08 Å². The van der Waals surface area contributed by atoms with Crippen molar-refractivity contribution in [2.24, 2.45) is 23.2 Å². The van der Waals surface area contributed by atoms with Crippen LogP contribution < -0.4 is 21.3 Å². The zero-order chi connectivity index (χ0) is 34.4. The van der Waals surface area contributed by atoms with E-state index in [-0.39, 0.29) is 36.2 Å². The molecule has 1 aliphatic heterocycles. The van der Waals surface area contributed by atoms with Crippen molar-refractivity contribution in [3.8, 4) is 0 Å². The molecule has 0 radical (unpaired) electrons. The molecular weight excluding hydrogens is 586 g/mol. The Labute approximate surface area is 276 Å². The summed E-state index contributed by atoms with van der Waals surface area (Å²) in [6, 6.07) is -3.32. The third kappa shape index (κ3) is 11.1. The first-order valence-electron chi connectivity index (χ1n) is 17.4. The first-order chi connectivity index (χ1) is 21.8. The second-order valence-corrected chi connectivity index (χ2v) is 14.3. The summed E-state index contributed by atoms with van der Waals surface area (Å²) in [5.41, 5.74) is -0.485.